The summed E-state index contributed by atoms with van der Waals surface area (Å²) in [4.78, 5) is 134. The minimum Gasteiger partial charge on any atom is -0.479 e. The van der Waals surface area contributed by atoms with Crippen LogP contribution in [0.25, 0.3) is 21.3 Å². The molecule has 5 fully saturated rings. The van der Waals surface area contributed by atoms with Gasteiger partial charge in [-0.1, -0.05) is 74.6 Å². The van der Waals surface area contributed by atoms with Crippen LogP contribution in [-0.2, 0) is 102 Å². The minimum atomic E-state index is -4.66. The van der Waals surface area contributed by atoms with Gasteiger partial charge in [0.2, 0.25) is 17.7 Å². The number of nitrogens with zero attached hydrogens (tertiary/aromatic N) is 10. The van der Waals surface area contributed by atoms with Gasteiger partial charge in [0, 0.05) is 80.0 Å². The molecule has 4 bridgehead atoms. The maximum Gasteiger partial charge on any atom is 0.410 e. The average molecular weight is 1700 g/mol. The molecule has 7 heterocycles. The Morgan fingerprint density at radius 3 is 2.20 bits per heavy atom. The number of aliphatic hydroxyl groups excluding tert-OH is 3. The van der Waals surface area contributed by atoms with E-state index < -0.39 is 159 Å². The number of ether oxygens (including phenoxy) is 3. The first-order chi connectivity index (χ1) is 56.2. The summed E-state index contributed by atoms with van der Waals surface area (Å²) < 4.78 is 88.9. The Morgan fingerprint density at radius 1 is 0.773 bits per heavy atom. The molecule has 37 nitrogen and oxygen atoms in total. The van der Waals surface area contributed by atoms with Gasteiger partial charge < -0.3 is 65.5 Å². The smallest absolute Gasteiger partial charge is 0.410 e. The monoisotopic (exact) mass is 1700 g/mol. The molecule has 119 heavy (non-hydrogen) atoms. The predicted octanol–water partition coefficient (Wildman–Crippen LogP) is 5.11. The lowest BCUT2D eigenvalue weighted by Crippen LogP contribution is -2.64. The minimum absolute atomic E-state index is 0.0350. The molecule has 7 aliphatic rings. The van der Waals surface area contributed by atoms with Crippen LogP contribution in [0.4, 0.5) is 21.4 Å². The van der Waals surface area contributed by atoms with Crippen LogP contribution in [-0.4, -0.2) is 235 Å². The maximum atomic E-state index is 14.4. The number of benzene rings is 3. The molecule has 7 aromatic rings. The highest BCUT2D eigenvalue weighted by Crippen LogP contribution is 2.72. The van der Waals surface area contributed by atoms with Crippen molar-refractivity contribution >= 4 is 112 Å². The van der Waals surface area contributed by atoms with Gasteiger partial charge in [-0.25, -0.2) is 24.4 Å². The van der Waals surface area contributed by atoms with E-state index >= 15 is 0 Å². The molecular weight excluding hydrogens is 1610 g/mol. The summed E-state index contributed by atoms with van der Waals surface area (Å²) in [5.74, 6) is -8.88. The van der Waals surface area contributed by atoms with Crippen molar-refractivity contribution in [3.63, 3.8) is 0 Å². The Kier molecular flexibility index (Phi) is 25.1. The molecule has 10 atom stereocenters. The summed E-state index contributed by atoms with van der Waals surface area (Å²) in [5, 5.41) is 76.8. The molecule has 3 aliphatic heterocycles. The first kappa shape index (κ1) is 86.3. The second-order valence-corrected chi connectivity index (χ2v) is 37.2. The van der Waals surface area contributed by atoms with E-state index in [0.717, 1.165) is 62.6 Å². The molecule has 0 spiro atoms. The third kappa shape index (κ3) is 20.2. The van der Waals surface area contributed by atoms with Crippen LogP contribution < -0.4 is 26.2 Å². The first-order valence-corrected chi connectivity index (χ1v) is 42.9. The maximum absolute atomic E-state index is 14.4. The number of rotatable bonds is 34. The van der Waals surface area contributed by atoms with Gasteiger partial charge in [0.1, 0.15) is 48.5 Å². The van der Waals surface area contributed by atoms with Crippen molar-refractivity contribution in [3.8, 4) is 11.1 Å². The van der Waals surface area contributed by atoms with Crippen LogP contribution >= 0.6 is 11.3 Å². The summed E-state index contributed by atoms with van der Waals surface area (Å²) in [6, 6.07) is 17.0. The second kappa shape index (κ2) is 34.6. The lowest BCUT2D eigenvalue weighted by atomic mass is 9.39. The number of anilines is 3. The number of hydrogen-bond acceptors (Lipinski definition) is 26. The molecule has 40 heteroatoms. The van der Waals surface area contributed by atoms with Gasteiger partial charge in [-0.3, -0.25) is 57.5 Å². The van der Waals surface area contributed by atoms with E-state index in [-0.39, 0.29) is 83.7 Å². The standard InChI is InChI=1S/C79H94N14O23S3/c1-44(2)63(85-60(94)31-56(93-61(95)20-21-62(93)96)55-35-91(88-87-55)23-9-28-118(108,109)110)71(102)81-45(3)69(100)82-50-16-14-48(47(30-50)15-18-57-65(97)66(98)67(99)68(116-57)73(105)106)36-114-75(107)89(26-29-119(111,112)113)25-27-115-79-40-76(4)37-77(5,41-79)39-78(38-76,42-79)43-92-33-49(32-80-92)51-17-19-59(84-64(51)72(103)104)90-24-22-46-10-8-11-52(53(46)34-90)70(101)86-74-83-54-12-6-7-13-58(54)117-74/h6-8,10-14,16-17,19-21,30,32-33,35,44-45,56-57,63,65-68,97-99H,9,15,18,22-29,31,34,36-43H2,1-5H3,(H,81,102)(H,82,100)(H,85,94)(H,103,104)(H,105,106)(H,83,86,101)(H,108,109,110)(H,111,112,113)/t45-,56-,57-,63-,65-,66+,67-,68-,76?,77?,78?,79?/m0/s1. The van der Waals surface area contributed by atoms with Crippen molar-refractivity contribution in [1.82, 2.24) is 55.2 Å². The molecule has 7 amide bonds. The summed E-state index contributed by atoms with van der Waals surface area (Å²) >= 11 is 1.38. The van der Waals surface area contributed by atoms with Crippen molar-refractivity contribution in [1.29, 1.82) is 0 Å². The summed E-state index contributed by atoms with van der Waals surface area (Å²) in [6.45, 7) is 8.86. The number of aryl methyl sites for hydroxylation is 2. The topological polar surface area (TPSA) is 523 Å². The normalized spacial score (nSPS) is 24.1. The average Bonchev–Trinajstić information content (AvgIpc) is 1.69. The Labute approximate surface area is 687 Å². The van der Waals surface area contributed by atoms with Gasteiger partial charge in [0.05, 0.1) is 64.9 Å². The van der Waals surface area contributed by atoms with Gasteiger partial charge in [0.15, 0.2) is 16.9 Å². The van der Waals surface area contributed by atoms with E-state index in [4.69, 9.17) is 24.3 Å². The number of carbonyl (C=O) groups excluding carboxylic acids is 7. The van der Waals surface area contributed by atoms with Gasteiger partial charge in [-0.05, 0) is 158 Å². The third-order valence-corrected chi connectivity index (χ3v) is 25.4. The number of amides is 7. The Bertz CT molecular complexity index is 5310. The Hall–Kier alpha value is -10.6. The molecule has 14 rings (SSSR count). The second-order valence-electron chi connectivity index (χ2n) is 33.0. The van der Waals surface area contributed by atoms with Crippen molar-refractivity contribution in [3.05, 3.63) is 143 Å². The zero-order valence-corrected chi connectivity index (χ0v) is 68.2. The highest BCUT2D eigenvalue weighted by atomic mass is 32.2. The molecule has 4 aromatic heterocycles. The number of hydrogen-bond donors (Lipinski definition) is 11. The SMILES string of the molecule is CC(C)[C@H](NC(=O)C[C@@H](c1cn(CCCS(=O)(=O)O)nn1)N1C(=O)C=CC1=O)C(=O)N[C@@H](C)C(=O)Nc1ccc(COC(=O)N(CCOC23CC4(C)CC(C)(CC(Cn5cc(-c6ccc(N7CCc8cccc(C(=O)Nc9nc%10ccccc%10s9)c8C7)nc6C(=O)O)cn5)(C4)C2)C3)CCS(=O)(=O)O)c(CC[C@@H]2O[C@H](C(=O)O)[C@@H](O)[C@H](O)[C@H]2O)c1. The number of para-hydroxylation sites is 1. The number of imide groups is 1. The number of thiazole rings is 1. The van der Waals surface area contributed by atoms with E-state index in [1.807, 2.05) is 52.2 Å². The summed E-state index contributed by atoms with van der Waals surface area (Å²) in [6.07, 6.45) is 0.598. The molecule has 3 aromatic carbocycles. The lowest BCUT2D eigenvalue weighted by Gasteiger charge is -2.69. The number of pyridine rings is 1. The van der Waals surface area contributed by atoms with Gasteiger partial charge in [-0.2, -0.15) is 21.9 Å². The quantitative estimate of drug-likeness (QED) is 0.0184. The number of fused-ring (bicyclic) bond motifs is 2. The fraction of sp³-hybridized carbons (Fsp3) is 0.494. The van der Waals surface area contributed by atoms with Gasteiger partial charge in [-0.15, -0.1) is 5.10 Å². The molecule has 1 saturated heterocycles. The third-order valence-electron chi connectivity index (χ3n) is 22.9. The molecule has 636 valence electrons. The zero-order chi connectivity index (χ0) is 85.4. The number of aliphatic carboxylic acids is 1. The number of nitrogens with one attached hydrogen (secondary N) is 4. The van der Waals surface area contributed by atoms with Gasteiger partial charge >= 0.3 is 18.0 Å². The number of aliphatic hydroxyl groups is 3. The first-order valence-electron chi connectivity index (χ1n) is 38.9. The Morgan fingerprint density at radius 2 is 1.50 bits per heavy atom. The number of carboxylic acid groups (broad SMARTS) is 2. The highest BCUT2D eigenvalue weighted by molar-refractivity contribution is 7.86. The largest absolute Gasteiger partial charge is 0.479 e. The van der Waals surface area contributed by atoms with Crippen LogP contribution in [0.1, 0.15) is 147 Å². The van der Waals surface area contributed by atoms with E-state index in [2.05, 4.69) is 50.4 Å². The van der Waals surface area contributed by atoms with E-state index in [1.165, 1.54) is 47.3 Å². The summed E-state index contributed by atoms with van der Waals surface area (Å²) in [7, 11) is -8.97. The van der Waals surface area contributed by atoms with E-state index in [1.54, 1.807) is 38.2 Å². The fourth-order valence-electron chi connectivity index (χ4n) is 18.7. The van der Waals surface area contributed by atoms with E-state index in [0.29, 0.717) is 78.5 Å². The molecule has 4 aliphatic carbocycles. The number of aromatic carboxylic acids is 1. The van der Waals surface area contributed by atoms with Crippen LogP contribution in [0, 0.1) is 22.2 Å². The number of aromatic nitrogens is 7. The van der Waals surface area contributed by atoms with Crippen molar-refractivity contribution in [2.24, 2.45) is 22.2 Å². The highest BCUT2D eigenvalue weighted by Gasteiger charge is 2.66. The zero-order valence-electron chi connectivity index (χ0n) is 65.7. The number of carbonyl (C=O) groups is 9. The molecule has 2 unspecified atom stereocenters. The van der Waals surface area contributed by atoms with Gasteiger partial charge in [0.25, 0.3) is 38.0 Å². The van der Waals surface area contributed by atoms with Crippen LogP contribution in [0.15, 0.2) is 104 Å². The predicted molar refractivity (Wildman–Crippen MR) is 426 cm³/mol. The van der Waals surface area contributed by atoms with Crippen molar-refractivity contribution in [2.45, 2.75) is 186 Å². The molecule has 4 saturated carbocycles. The Balaban J connectivity index is 0.663. The van der Waals surface area contributed by atoms with Crippen LogP contribution in [0.5, 0.6) is 0 Å². The van der Waals surface area contributed by atoms with Crippen LogP contribution in [0.3, 0.4) is 0 Å². The number of carboxylic acids is 2. The van der Waals surface area contributed by atoms with E-state index in [9.17, 15) is 94.6 Å². The lowest BCUT2D eigenvalue weighted by molar-refractivity contribution is -0.248. The summed E-state index contributed by atoms with van der Waals surface area (Å²) in [5.41, 5.74) is 2.89. The molecular formula is C79H94N14O23S3. The van der Waals surface area contributed by atoms with Crippen molar-refractivity contribution < 1.29 is 109 Å². The molecule has 0 radical (unpaired) electrons. The van der Waals surface area contributed by atoms with Crippen LogP contribution in [0.2, 0.25) is 0 Å². The van der Waals surface area contributed by atoms with Crippen molar-refractivity contribution in [2.75, 3.05) is 53.3 Å². The fourth-order valence-corrected chi connectivity index (χ4v) is 20.5. The molecule has 11 N–H and O–H groups in total.